The normalized spacial score (nSPS) is 19.5. The summed E-state index contributed by atoms with van der Waals surface area (Å²) >= 11 is 3.28. The molecule has 6 heteroatoms. The summed E-state index contributed by atoms with van der Waals surface area (Å²) in [5.74, 6) is 0.145. The van der Waals surface area contributed by atoms with Crippen molar-refractivity contribution >= 4 is 27.7 Å². The molecule has 1 aromatic heterocycles. The summed E-state index contributed by atoms with van der Waals surface area (Å²) in [5, 5.41) is 9.51. The van der Waals surface area contributed by atoms with Crippen LogP contribution in [0, 0.1) is 0 Å². The van der Waals surface area contributed by atoms with Crippen LogP contribution in [0.25, 0.3) is 0 Å². The van der Waals surface area contributed by atoms with Crippen molar-refractivity contribution in [3.8, 4) is 0 Å². The van der Waals surface area contributed by atoms with Crippen molar-refractivity contribution in [2.24, 2.45) is 0 Å². The lowest BCUT2D eigenvalue weighted by Crippen LogP contribution is -2.24. The van der Waals surface area contributed by atoms with E-state index in [1.807, 2.05) is 4.90 Å². The van der Waals surface area contributed by atoms with E-state index in [-0.39, 0.29) is 6.10 Å². The molecule has 1 aliphatic heterocycles. The van der Waals surface area contributed by atoms with Crippen LogP contribution in [0.3, 0.4) is 0 Å². The molecule has 1 saturated heterocycles. The number of rotatable bonds is 2. The number of pyridine rings is 1. The molecule has 0 aliphatic carbocycles. The van der Waals surface area contributed by atoms with Gasteiger partial charge in [-0.25, -0.2) is 9.78 Å². The Morgan fingerprint density at radius 2 is 2.47 bits per heavy atom. The van der Waals surface area contributed by atoms with E-state index in [0.29, 0.717) is 30.9 Å². The highest BCUT2D eigenvalue weighted by atomic mass is 79.9. The number of halogens is 1. The summed E-state index contributed by atoms with van der Waals surface area (Å²) < 4.78 is 5.45. The van der Waals surface area contributed by atoms with Gasteiger partial charge in [-0.3, -0.25) is 0 Å². The molecule has 1 N–H and O–H groups in total. The van der Waals surface area contributed by atoms with Gasteiger partial charge in [-0.2, -0.15) is 0 Å². The van der Waals surface area contributed by atoms with Crippen LogP contribution in [0.2, 0.25) is 0 Å². The summed E-state index contributed by atoms with van der Waals surface area (Å²) in [4.78, 5) is 17.8. The van der Waals surface area contributed by atoms with Crippen molar-refractivity contribution in [3.63, 3.8) is 0 Å². The molecule has 1 aliphatic rings. The monoisotopic (exact) mass is 300 g/mol. The second kappa shape index (κ2) is 5.01. The van der Waals surface area contributed by atoms with Gasteiger partial charge in [-0.1, -0.05) is 0 Å². The van der Waals surface area contributed by atoms with E-state index in [4.69, 9.17) is 4.74 Å². The van der Waals surface area contributed by atoms with E-state index in [1.165, 1.54) is 7.11 Å². The number of anilines is 1. The minimum Gasteiger partial charge on any atom is -0.465 e. The van der Waals surface area contributed by atoms with E-state index in [9.17, 15) is 9.90 Å². The fraction of sp³-hybridized carbons (Fsp3) is 0.455. The maximum Gasteiger partial charge on any atom is 0.341 e. The predicted octanol–water partition coefficient (Wildman–Crippen LogP) is 1.20. The van der Waals surface area contributed by atoms with Crippen molar-refractivity contribution in [2.45, 2.75) is 12.5 Å². The molecule has 0 aromatic carbocycles. The molecule has 0 saturated carbocycles. The Labute approximate surface area is 108 Å². The second-order valence-corrected chi connectivity index (χ2v) is 4.82. The highest BCUT2D eigenvalue weighted by Crippen LogP contribution is 2.25. The van der Waals surface area contributed by atoms with Crippen LogP contribution in [-0.4, -0.2) is 42.4 Å². The van der Waals surface area contributed by atoms with Gasteiger partial charge in [-0.05, 0) is 28.4 Å². The molecule has 1 aromatic rings. The number of hydrogen-bond acceptors (Lipinski definition) is 5. The van der Waals surface area contributed by atoms with Crippen molar-refractivity contribution < 1.29 is 14.6 Å². The Kier molecular flexibility index (Phi) is 3.63. The molecular weight excluding hydrogens is 288 g/mol. The lowest BCUT2D eigenvalue weighted by Gasteiger charge is -2.19. The highest BCUT2D eigenvalue weighted by Gasteiger charge is 2.25. The van der Waals surface area contributed by atoms with Gasteiger partial charge < -0.3 is 14.7 Å². The SMILES string of the molecule is COC(=O)c1cc(Br)cnc1N1CC[C@H](O)C1. The van der Waals surface area contributed by atoms with Crippen LogP contribution >= 0.6 is 15.9 Å². The molecule has 0 bridgehead atoms. The number of aromatic nitrogens is 1. The number of aliphatic hydroxyl groups excluding tert-OH is 1. The summed E-state index contributed by atoms with van der Waals surface area (Å²) in [6, 6.07) is 1.68. The molecule has 1 atom stereocenters. The molecule has 0 amide bonds. The predicted molar refractivity (Wildman–Crippen MR) is 66.1 cm³/mol. The fourth-order valence-electron chi connectivity index (χ4n) is 1.88. The topological polar surface area (TPSA) is 62.7 Å². The first-order valence-corrected chi connectivity index (χ1v) is 6.08. The number of carbonyl (C=O) groups excluding carboxylic acids is 1. The van der Waals surface area contributed by atoms with Gasteiger partial charge in [0.15, 0.2) is 0 Å². The van der Waals surface area contributed by atoms with Gasteiger partial charge in [0, 0.05) is 23.8 Å². The molecule has 2 rings (SSSR count). The lowest BCUT2D eigenvalue weighted by molar-refractivity contribution is 0.0601. The van der Waals surface area contributed by atoms with E-state index in [2.05, 4.69) is 20.9 Å². The summed E-state index contributed by atoms with van der Waals surface area (Å²) in [6.45, 7) is 1.19. The largest absolute Gasteiger partial charge is 0.465 e. The maximum atomic E-state index is 11.7. The zero-order chi connectivity index (χ0) is 12.4. The van der Waals surface area contributed by atoms with Gasteiger partial charge in [0.05, 0.1) is 13.2 Å². The zero-order valence-corrected chi connectivity index (χ0v) is 11.0. The Hall–Kier alpha value is -1.14. The molecule has 17 heavy (non-hydrogen) atoms. The van der Waals surface area contributed by atoms with Gasteiger partial charge in [0.1, 0.15) is 11.4 Å². The second-order valence-electron chi connectivity index (χ2n) is 3.90. The van der Waals surface area contributed by atoms with Crippen LogP contribution < -0.4 is 4.90 Å². The van der Waals surface area contributed by atoms with E-state index in [0.717, 1.165) is 4.47 Å². The third kappa shape index (κ3) is 2.58. The fourth-order valence-corrected chi connectivity index (χ4v) is 2.21. The smallest absolute Gasteiger partial charge is 0.341 e. The Morgan fingerprint density at radius 3 is 3.06 bits per heavy atom. The van der Waals surface area contributed by atoms with E-state index >= 15 is 0 Å². The number of methoxy groups -OCH3 is 1. The van der Waals surface area contributed by atoms with Gasteiger partial charge >= 0.3 is 5.97 Å². The molecular formula is C11H13BrN2O3. The van der Waals surface area contributed by atoms with Crippen LogP contribution in [0.5, 0.6) is 0 Å². The molecule has 2 heterocycles. The molecule has 0 unspecified atom stereocenters. The Morgan fingerprint density at radius 1 is 1.71 bits per heavy atom. The molecule has 1 fully saturated rings. The third-order valence-electron chi connectivity index (χ3n) is 2.70. The van der Waals surface area contributed by atoms with Crippen molar-refractivity contribution in [2.75, 3.05) is 25.1 Å². The average Bonchev–Trinajstić information content (AvgIpc) is 2.74. The van der Waals surface area contributed by atoms with Crippen molar-refractivity contribution in [1.82, 2.24) is 4.98 Å². The molecule has 5 nitrogen and oxygen atoms in total. The first-order chi connectivity index (χ1) is 8.11. The number of β-amino-alcohol motifs (C(OH)–C–C–N with tert-alkyl or cyclic N) is 1. The molecule has 92 valence electrons. The maximum absolute atomic E-state index is 11.7. The van der Waals surface area contributed by atoms with Gasteiger partial charge in [0.2, 0.25) is 0 Å². The van der Waals surface area contributed by atoms with Crippen LogP contribution in [-0.2, 0) is 4.74 Å². The number of hydrogen-bond donors (Lipinski definition) is 1. The average molecular weight is 301 g/mol. The number of carbonyl (C=O) groups is 1. The number of aliphatic hydroxyl groups is 1. The molecule has 0 spiro atoms. The number of esters is 1. The molecule has 0 radical (unpaired) electrons. The standard InChI is InChI=1S/C11H13BrN2O3/c1-17-11(16)9-4-7(12)5-13-10(9)14-3-2-8(15)6-14/h4-5,8,15H,2-3,6H2,1H3/t8-/m0/s1. The Bertz CT molecular complexity index is 439. The zero-order valence-electron chi connectivity index (χ0n) is 9.39. The van der Waals surface area contributed by atoms with Gasteiger partial charge in [-0.15, -0.1) is 0 Å². The summed E-state index contributed by atoms with van der Waals surface area (Å²) in [6.07, 6.45) is 1.97. The number of ether oxygens (including phenoxy) is 1. The summed E-state index contributed by atoms with van der Waals surface area (Å²) in [5.41, 5.74) is 0.413. The number of nitrogens with zero attached hydrogens (tertiary/aromatic N) is 2. The first kappa shape index (κ1) is 12.3. The Balaban J connectivity index is 2.35. The van der Waals surface area contributed by atoms with E-state index in [1.54, 1.807) is 12.3 Å². The minimum absolute atomic E-state index is 0.356. The highest BCUT2D eigenvalue weighted by molar-refractivity contribution is 9.10. The van der Waals surface area contributed by atoms with Crippen LogP contribution in [0.15, 0.2) is 16.7 Å². The van der Waals surface area contributed by atoms with Crippen LogP contribution in [0.1, 0.15) is 16.8 Å². The quantitative estimate of drug-likeness (QED) is 0.832. The first-order valence-electron chi connectivity index (χ1n) is 5.28. The minimum atomic E-state index is -0.421. The van der Waals surface area contributed by atoms with E-state index < -0.39 is 5.97 Å². The van der Waals surface area contributed by atoms with Gasteiger partial charge in [0.25, 0.3) is 0 Å². The lowest BCUT2D eigenvalue weighted by atomic mass is 10.2. The van der Waals surface area contributed by atoms with Crippen molar-refractivity contribution in [1.29, 1.82) is 0 Å². The van der Waals surface area contributed by atoms with Crippen LogP contribution in [0.4, 0.5) is 5.82 Å². The van der Waals surface area contributed by atoms with Crippen molar-refractivity contribution in [3.05, 3.63) is 22.3 Å². The summed E-state index contributed by atoms with van der Waals surface area (Å²) in [7, 11) is 1.34. The third-order valence-corrected chi connectivity index (χ3v) is 3.14.